The Balaban J connectivity index is 5.24. The molecule has 0 aromatic heterocycles. The highest BCUT2D eigenvalue weighted by Crippen LogP contribution is 2.01. The van der Waals surface area contributed by atoms with Crippen LogP contribution in [0.15, 0.2) is 0 Å². The molecule has 0 aliphatic carbocycles. The summed E-state index contributed by atoms with van der Waals surface area (Å²) in [6, 6.07) is -4.23. The number of carbonyl (C=O) groups is 6. The van der Waals surface area contributed by atoms with Crippen LogP contribution in [0.2, 0.25) is 0 Å². The number of amides is 4. The smallest absolute Gasteiger partial charge is 0.325 e. The largest absolute Gasteiger partial charge is 0.481 e. The first-order valence-electron chi connectivity index (χ1n) is 7.81. The lowest BCUT2D eigenvalue weighted by molar-refractivity contribution is -0.143. The third-order valence-electron chi connectivity index (χ3n) is 3.26. The van der Waals surface area contributed by atoms with E-state index in [1.165, 1.54) is 0 Å². The monoisotopic (exact) mass is 389 g/mol. The molecule has 4 amide bonds. The lowest BCUT2D eigenvalue weighted by Gasteiger charge is -2.22. The molecule has 0 rings (SSSR count). The standard InChI is InChI=1S/C14H23N5O8/c1-6(14(26)27)17-13(25)8(4-11(22)23)19-12(24)7(2-3-9(16)20)18-10(21)5-15/h6-8H,2-5,15H2,1H3,(H2,16,20)(H,17,25)(H,18,21)(H,19,24)(H,22,23)(H,26,27). The van der Waals surface area contributed by atoms with Gasteiger partial charge in [0.1, 0.15) is 18.1 Å². The van der Waals surface area contributed by atoms with Gasteiger partial charge in [0.05, 0.1) is 13.0 Å². The predicted molar refractivity (Wildman–Crippen MR) is 88.8 cm³/mol. The minimum atomic E-state index is -1.61. The Morgan fingerprint density at radius 1 is 0.926 bits per heavy atom. The second kappa shape index (κ2) is 11.4. The number of nitrogens with two attached hydrogens (primary N) is 2. The van der Waals surface area contributed by atoms with Crippen molar-refractivity contribution in [2.24, 2.45) is 11.5 Å². The fraction of sp³-hybridized carbons (Fsp3) is 0.571. The van der Waals surface area contributed by atoms with E-state index in [1.54, 1.807) is 0 Å². The Morgan fingerprint density at radius 3 is 1.93 bits per heavy atom. The molecule has 0 aromatic carbocycles. The summed E-state index contributed by atoms with van der Waals surface area (Å²) in [4.78, 5) is 68.4. The van der Waals surface area contributed by atoms with E-state index >= 15 is 0 Å². The summed E-state index contributed by atoms with van der Waals surface area (Å²) >= 11 is 0. The van der Waals surface area contributed by atoms with Crippen LogP contribution >= 0.6 is 0 Å². The molecule has 3 unspecified atom stereocenters. The molecule has 0 heterocycles. The van der Waals surface area contributed by atoms with Crippen molar-refractivity contribution in [1.29, 1.82) is 0 Å². The van der Waals surface area contributed by atoms with Crippen LogP contribution in [-0.2, 0) is 28.8 Å². The van der Waals surface area contributed by atoms with E-state index in [9.17, 15) is 28.8 Å². The van der Waals surface area contributed by atoms with Crippen LogP contribution in [0.5, 0.6) is 0 Å². The fourth-order valence-corrected chi connectivity index (χ4v) is 1.84. The molecule has 0 saturated carbocycles. The predicted octanol–water partition coefficient (Wildman–Crippen LogP) is -3.76. The SMILES string of the molecule is CC(NC(=O)C(CC(=O)O)NC(=O)C(CCC(N)=O)NC(=O)CN)C(=O)O. The Labute approximate surface area is 153 Å². The molecular weight excluding hydrogens is 366 g/mol. The molecule has 13 nitrogen and oxygen atoms in total. The molecule has 0 radical (unpaired) electrons. The first-order chi connectivity index (χ1) is 12.5. The Morgan fingerprint density at radius 2 is 1.48 bits per heavy atom. The molecule has 0 bridgehead atoms. The third-order valence-corrected chi connectivity index (χ3v) is 3.26. The Bertz CT molecular complexity index is 608. The highest BCUT2D eigenvalue weighted by atomic mass is 16.4. The van der Waals surface area contributed by atoms with Crippen molar-refractivity contribution in [1.82, 2.24) is 16.0 Å². The number of carboxylic acid groups (broad SMARTS) is 2. The van der Waals surface area contributed by atoms with Gasteiger partial charge in [0.15, 0.2) is 0 Å². The minimum Gasteiger partial charge on any atom is -0.481 e. The van der Waals surface area contributed by atoms with Gasteiger partial charge in [0, 0.05) is 6.42 Å². The van der Waals surface area contributed by atoms with E-state index in [0.717, 1.165) is 6.92 Å². The van der Waals surface area contributed by atoms with Gasteiger partial charge in [-0.2, -0.15) is 0 Å². The molecule has 3 atom stereocenters. The van der Waals surface area contributed by atoms with Crippen molar-refractivity contribution in [3.8, 4) is 0 Å². The zero-order chi connectivity index (χ0) is 21.1. The summed E-state index contributed by atoms with van der Waals surface area (Å²) in [6.45, 7) is 0.701. The van der Waals surface area contributed by atoms with E-state index in [-0.39, 0.29) is 12.8 Å². The van der Waals surface area contributed by atoms with Crippen molar-refractivity contribution in [2.45, 2.75) is 44.3 Å². The van der Waals surface area contributed by atoms with Crippen LogP contribution in [0, 0.1) is 0 Å². The van der Waals surface area contributed by atoms with Crippen LogP contribution in [0.25, 0.3) is 0 Å². The van der Waals surface area contributed by atoms with Gasteiger partial charge in [-0.1, -0.05) is 0 Å². The molecule has 0 aliphatic heterocycles. The van der Waals surface area contributed by atoms with Gasteiger partial charge in [0.2, 0.25) is 23.6 Å². The van der Waals surface area contributed by atoms with Gasteiger partial charge >= 0.3 is 11.9 Å². The van der Waals surface area contributed by atoms with E-state index in [2.05, 4.69) is 10.6 Å². The van der Waals surface area contributed by atoms with E-state index in [4.69, 9.17) is 21.7 Å². The lowest BCUT2D eigenvalue weighted by Crippen LogP contribution is -2.56. The van der Waals surface area contributed by atoms with Crippen molar-refractivity contribution in [2.75, 3.05) is 6.54 Å². The Hall–Kier alpha value is -3.22. The number of aliphatic carboxylic acids is 2. The van der Waals surface area contributed by atoms with E-state index in [1.807, 2.05) is 5.32 Å². The van der Waals surface area contributed by atoms with Crippen LogP contribution < -0.4 is 27.4 Å². The topological polar surface area (TPSA) is 231 Å². The number of carboxylic acids is 2. The zero-order valence-electron chi connectivity index (χ0n) is 14.6. The normalized spacial score (nSPS) is 13.6. The van der Waals surface area contributed by atoms with Gasteiger partial charge in [-0.3, -0.25) is 28.8 Å². The fourth-order valence-electron chi connectivity index (χ4n) is 1.84. The molecule has 152 valence electrons. The Kier molecular flexibility index (Phi) is 10.0. The highest BCUT2D eigenvalue weighted by Gasteiger charge is 2.29. The summed E-state index contributed by atoms with van der Waals surface area (Å²) in [5.74, 6) is -6.26. The summed E-state index contributed by atoms with van der Waals surface area (Å²) in [5.41, 5.74) is 10.1. The molecule has 0 aromatic rings. The van der Waals surface area contributed by atoms with Crippen molar-refractivity contribution < 1.29 is 39.0 Å². The number of nitrogens with one attached hydrogen (secondary N) is 3. The maximum atomic E-state index is 12.3. The average Bonchev–Trinajstić information content (AvgIpc) is 2.56. The van der Waals surface area contributed by atoms with Gasteiger partial charge in [0.25, 0.3) is 0 Å². The molecule has 0 saturated heterocycles. The molecular formula is C14H23N5O8. The lowest BCUT2D eigenvalue weighted by atomic mass is 10.1. The maximum Gasteiger partial charge on any atom is 0.325 e. The second-order valence-corrected chi connectivity index (χ2v) is 5.56. The maximum absolute atomic E-state index is 12.3. The first-order valence-corrected chi connectivity index (χ1v) is 7.81. The van der Waals surface area contributed by atoms with Gasteiger partial charge < -0.3 is 37.6 Å². The van der Waals surface area contributed by atoms with Crippen molar-refractivity contribution >= 4 is 35.6 Å². The van der Waals surface area contributed by atoms with Crippen molar-refractivity contribution in [3.05, 3.63) is 0 Å². The molecule has 27 heavy (non-hydrogen) atoms. The highest BCUT2D eigenvalue weighted by molar-refractivity contribution is 5.95. The van der Waals surface area contributed by atoms with Gasteiger partial charge in [-0.25, -0.2) is 0 Å². The number of primary amides is 1. The number of hydrogen-bond acceptors (Lipinski definition) is 7. The zero-order valence-corrected chi connectivity index (χ0v) is 14.6. The molecule has 9 N–H and O–H groups in total. The molecule has 0 fully saturated rings. The molecule has 0 aliphatic rings. The van der Waals surface area contributed by atoms with Gasteiger partial charge in [-0.05, 0) is 13.3 Å². The van der Waals surface area contributed by atoms with Gasteiger partial charge in [-0.15, -0.1) is 0 Å². The minimum absolute atomic E-state index is 0.208. The summed E-state index contributed by atoms with van der Waals surface area (Å²) < 4.78 is 0. The number of carbonyl (C=O) groups excluding carboxylic acids is 4. The summed E-state index contributed by atoms with van der Waals surface area (Å²) in [6.07, 6.45) is -1.31. The molecule has 0 spiro atoms. The van der Waals surface area contributed by atoms with Crippen LogP contribution in [0.3, 0.4) is 0 Å². The summed E-state index contributed by atoms with van der Waals surface area (Å²) in [5, 5.41) is 24.1. The van der Waals surface area contributed by atoms with E-state index in [0.29, 0.717) is 0 Å². The van der Waals surface area contributed by atoms with Crippen LogP contribution in [-0.4, -0.2) is 70.5 Å². The van der Waals surface area contributed by atoms with Crippen molar-refractivity contribution in [3.63, 3.8) is 0 Å². The van der Waals surface area contributed by atoms with E-state index < -0.39 is 66.7 Å². The number of rotatable bonds is 12. The third kappa shape index (κ3) is 9.74. The second-order valence-electron chi connectivity index (χ2n) is 5.56. The van der Waals surface area contributed by atoms with Crippen LogP contribution in [0.4, 0.5) is 0 Å². The molecule has 13 heteroatoms. The first kappa shape index (κ1) is 23.8. The quantitative estimate of drug-likeness (QED) is 0.173. The van der Waals surface area contributed by atoms with Crippen LogP contribution in [0.1, 0.15) is 26.2 Å². The average molecular weight is 389 g/mol. The number of hydrogen-bond donors (Lipinski definition) is 7. The summed E-state index contributed by atoms with van der Waals surface area (Å²) in [7, 11) is 0.